The zero-order valence-corrected chi connectivity index (χ0v) is 13.9. The molecule has 24 heavy (non-hydrogen) atoms. The molecular weight excluding hydrogens is 298 g/mol. The van der Waals surface area contributed by atoms with Gasteiger partial charge in [-0.15, -0.1) is 0 Å². The van der Waals surface area contributed by atoms with Gasteiger partial charge in [0.25, 0.3) is 5.91 Å². The summed E-state index contributed by atoms with van der Waals surface area (Å²) in [5.41, 5.74) is 3.66. The molecule has 0 radical (unpaired) electrons. The van der Waals surface area contributed by atoms with Crippen molar-refractivity contribution < 1.29 is 4.79 Å². The van der Waals surface area contributed by atoms with E-state index in [0.29, 0.717) is 5.69 Å². The number of nitrogens with one attached hydrogen (secondary N) is 1. The van der Waals surface area contributed by atoms with E-state index >= 15 is 0 Å². The number of carbonyl (C=O) groups excluding carboxylic acids is 1. The highest BCUT2D eigenvalue weighted by Crippen LogP contribution is 2.26. The molecule has 4 heteroatoms. The van der Waals surface area contributed by atoms with Crippen LogP contribution in [0.25, 0.3) is 0 Å². The molecule has 0 bridgehead atoms. The van der Waals surface area contributed by atoms with Crippen LogP contribution in [0.15, 0.2) is 72.9 Å². The Hall–Kier alpha value is -3.01. The molecule has 2 aromatic carbocycles. The topological polar surface area (TPSA) is 37.3 Å². The summed E-state index contributed by atoms with van der Waals surface area (Å²) in [5.74, 6) is -0.108. The van der Waals surface area contributed by atoms with Gasteiger partial charge >= 0.3 is 0 Å². The number of hydrogen-bond donors (Lipinski definition) is 1. The summed E-state index contributed by atoms with van der Waals surface area (Å²) in [6.45, 7) is 0.776. The van der Waals surface area contributed by atoms with E-state index in [1.165, 1.54) is 5.56 Å². The number of anilines is 2. The summed E-state index contributed by atoms with van der Waals surface area (Å²) < 4.78 is 1.81. The first-order valence-corrected chi connectivity index (χ1v) is 7.92. The quantitative estimate of drug-likeness (QED) is 0.774. The minimum absolute atomic E-state index is 0.108. The number of aromatic nitrogens is 1. The van der Waals surface area contributed by atoms with Crippen molar-refractivity contribution in [1.29, 1.82) is 0 Å². The fourth-order valence-electron chi connectivity index (χ4n) is 2.74. The lowest BCUT2D eigenvalue weighted by molar-refractivity contribution is 0.101. The monoisotopic (exact) mass is 319 g/mol. The number of para-hydroxylation sites is 2. The number of rotatable bonds is 5. The number of aryl methyl sites for hydroxylation is 1. The van der Waals surface area contributed by atoms with Crippen molar-refractivity contribution in [3.63, 3.8) is 0 Å². The number of amides is 1. The summed E-state index contributed by atoms with van der Waals surface area (Å²) in [5, 5.41) is 3.02. The second kappa shape index (κ2) is 7.04. The molecule has 0 aliphatic carbocycles. The Morgan fingerprint density at radius 2 is 1.71 bits per heavy atom. The van der Waals surface area contributed by atoms with Gasteiger partial charge in [-0.1, -0.05) is 42.5 Å². The molecular formula is C20H21N3O. The van der Waals surface area contributed by atoms with Gasteiger partial charge < -0.3 is 14.8 Å². The number of nitrogens with zero attached hydrogens (tertiary/aromatic N) is 2. The molecule has 0 unspecified atom stereocenters. The van der Waals surface area contributed by atoms with Gasteiger partial charge in [0.05, 0.1) is 11.4 Å². The largest absolute Gasteiger partial charge is 0.369 e. The molecule has 0 saturated heterocycles. The standard InChI is InChI=1S/C20H21N3O/c1-22-14-8-13-19(22)20(24)21-17-11-6-7-12-18(17)23(2)15-16-9-4-3-5-10-16/h3-14H,15H2,1-2H3,(H,21,24). The van der Waals surface area contributed by atoms with Gasteiger partial charge in [-0.25, -0.2) is 0 Å². The summed E-state index contributed by atoms with van der Waals surface area (Å²) >= 11 is 0. The molecule has 1 N–H and O–H groups in total. The molecule has 1 aromatic heterocycles. The highest BCUT2D eigenvalue weighted by atomic mass is 16.1. The van der Waals surface area contributed by atoms with E-state index in [4.69, 9.17) is 0 Å². The van der Waals surface area contributed by atoms with Gasteiger partial charge in [0.2, 0.25) is 0 Å². The molecule has 0 fully saturated rings. The molecule has 122 valence electrons. The highest BCUT2D eigenvalue weighted by molar-refractivity contribution is 6.04. The van der Waals surface area contributed by atoms with Crippen LogP contribution in [0.2, 0.25) is 0 Å². The van der Waals surface area contributed by atoms with Gasteiger partial charge in [0.15, 0.2) is 0 Å². The second-order valence-electron chi connectivity index (χ2n) is 5.82. The molecule has 4 nitrogen and oxygen atoms in total. The molecule has 0 aliphatic heterocycles. The van der Waals surface area contributed by atoms with Crippen molar-refractivity contribution in [2.24, 2.45) is 7.05 Å². The van der Waals surface area contributed by atoms with E-state index in [1.54, 1.807) is 0 Å². The Kier molecular flexibility index (Phi) is 4.66. The molecule has 1 amide bonds. The third-order valence-electron chi connectivity index (χ3n) is 4.00. The van der Waals surface area contributed by atoms with Crippen molar-refractivity contribution in [3.05, 3.63) is 84.2 Å². The summed E-state index contributed by atoms with van der Waals surface area (Å²) in [4.78, 5) is 14.6. The van der Waals surface area contributed by atoms with Crippen molar-refractivity contribution in [1.82, 2.24) is 4.57 Å². The molecule has 0 spiro atoms. The zero-order valence-electron chi connectivity index (χ0n) is 13.9. The van der Waals surface area contributed by atoms with Crippen LogP contribution in [0, 0.1) is 0 Å². The third-order valence-corrected chi connectivity index (χ3v) is 4.00. The van der Waals surface area contributed by atoms with E-state index in [-0.39, 0.29) is 5.91 Å². The molecule has 0 saturated carbocycles. The SMILES string of the molecule is CN(Cc1ccccc1)c1ccccc1NC(=O)c1cccn1C. The third kappa shape index (κ3) is 3.49. The van der Waals surface area contributed by atoms with Crippen LogP contribution in [0.3, 0.4) is 0 Å². The van der Waals surface area contributed by atoms with Gasteiger partial charge in [0.1, 0.15) is 5.69 Å². The van der Waals surface area contributed by atoms with E-state index < -0.39 is 0 Å². The maximum absolute atomic E-state index is 12.5. The Balaban J connectivity index is 1.80. The lowest BCUT2D eigenvalue weighted by Crippen LogP contribution is -2.21. The van der Waals surface area contributed by atoms with Crippen LogP contribution in [0.5, 0.6) is 0 Å². The Bertz CT molecular complexity index is 824. The average molecular weight is 319 g/mol. The Morgan fingerprint density at radius 3 is 2.42 bits per heavy atom. The van der Waals surface area contributed by atoms with Crippen molar-refractivity contribution in [2.45, 2.75) is 6.54 Å². The number of carbonyl (C=O) groups is 1. The van der Waals surface area contributed by atoms with Gasteiger partial charge in [0, 0.05) is 26.8 Å². The molecule has 3 rings (SSSR count). The predicted octanol–water partition coefficient (Wildman–Crippen LogP) is 3.91. The van der Waals surface area contributed by atoms with E-state index in [1.807, 2.05) is 79.5 Å². The molecule has 0 aliphatic rings. The fraction of sp³-hybridized carbons (Fsp3) is 0.150. The Morgan fingerprint density at radius 1 is 1.00 bits per heavy atom. The first-order chi connectivity index (χ1) is 11.6. The van der Waals surface area contributed by atoms with Gasteiger partial charge in [-0.05, 0) is 29.8 Å². The van der Waals surface area contributed by atoms with E-state index in [0.717, 1.165) is 17.9 Å². The Labute approximate surface area is 142 Å². The van der Waals surface area contributed by atoms with Crippen molar-refractivity contribution in [3.8, 4) is 0 Å². The normalized spacial score (nSPS) is 10.4. The molecule has 1 heterocycles. The van der Waals surface area contributed by atoms with Crippen LogP contribution >= 0.6 is 0 Å². The van der Waals surface area contributed by atoms with Crippen LogP contribution in [-0.4, -0.2) is 17.5 Å². The fourth-order valence-corrected chi connectivity index (χ4v) is 2.74. The van der Waals surface area contributed by atoms with Gasteiger partial charge in [-0.2, -0.15) is 0 Å². The zero-order chi connectivity index (χ0) is 16.9. The lowest BCUT2D eigenvalue weighted by atomic mass is 10.2. The van der Waals surface area contributed by atoms with Crippen LogP contribution in [-0.2, 0) is 13.6 Å². The lowest BCUT2D eigenvalue weighted by Gasteiger charge is -2.23. The smallest absolute Gasteiger partial charge is 0.272 e. The maximum atomic E-state index is 12.5. The number of hydrogen-bond acceptors (Lipinski definition) is 2. The first kappa shape index (κ1) is 15.9. The summed E-state index contributed by atoms with van der Waals surface area (Å²) in [7, 11) is 3.89. The predicted molar refractivity (Wildman–Crippen MR) is 98.4 cm³/mol. The first-order valence-electron chi connectivity index (χ1n) is 7.92. The molecule has 0 atom stereocenters. The number of benzene rings is 2. The van der Waals surface area contributed by atoms with E-state index in [9.17, 15) is 4.79 Å². The van der Waals surface area contributed by atoms with Crippen molar-refractivity contribution >= 4 is 17.3 Å². The summed E-state index contributed by atoms with van der Waals surface area (Å²) in [6.07, 6.45) is 1.86. The highest BCUT2D eigenvalue weighted by Gasteiger charge is 2.13. The maximum Gasteiger partial charge on any atom is 0.272 e. The summed E-state index contributed by atoms with van der Waals surface area (Å²) in [6, 6.07) is 21.8. The molecule has 3 aromatic rings. The van der Waals surface area contributed by atoms with Crippen LogP contribution < -0.4 is 10.2 Å². The minimum Gasteiger partial charge on any atom is -0.369 e. The average Bonchev–Trinajstić information content (AvgIpc) is 3.02. The van der Waals surface area contributed by atoms with Crippen LogP contribution in [0.4, 0.5) is 11.4 Å². The van der Waals surface area contributed by atoms with E-state index in [2.05, 4.69) is 22.3 Å². The second-order valence-corrected chi connectivity index (χ2v) is 5.82. The minimum atomic E-state index is -0.108. The van der Waals surface area contributed by atoms with Gasteiger partial charge in [-0.3, -0.25) is 4.79 Å². The van der Waals surface area contributed by atoms with Crippen molar-refractivity contribution in [2.75, 3.05) is 17.3 Å². The van der Waals surface area contributed by atoms with Crippen LogP contribution in [0.1, 0.15) is 16.1 Å².